The van der Waals surface area contributed by atoms with Gasteiger partial charge in [0.05, 0.1) is 16.9 Å². The van der Waals surface area contributed by atoms with Gasteiger partial charge in [0.2, 0.25) is 0 Å². The molecule has 0 aliphatic heterocycles. The van der Waals surface area contributed by atoms with Crippen molar-refractivity contribution < 1.29 is 23.1 Å². The molecule has 30 heavy (non-hydrogen) atoms. The molecule has 7 nitrogen and oxygen atoms in total. The Labute approximate surface area is 173 Å². The zero-order chi connectivity index (χ0) is 21.9. The number of aromatic amines is 1. The van der Waals surface area contributed by atoms with Gasteiger partial charge < -0.3 is 14.5 Å². The Balaban J connectivity index is 0.000000318. The average molecular weight is 440 g/mol. The minimum Gasteiger partial charge on any atom is -0.475 e. The number of aliphatic carboxylic acids is 1. The number of carboxylic acid groups (broad SMARTS) is 1. The molecule has 0 amide bonds. The highest BCUT2D eigenvalue weighted by atomic mass is 35.5. The number of fused-ring (bicyclic) bond motifs is 2. The van der Waals surface area contributed by atoms with Crippen molar-refractivity contribution in [1.82, 2.24) is 24.3 Å². The van der Waals surface area contributed by atoms with Crippen LogP contribution in [0.15, 0.2) is 49.1 Å². The van der Waals surface area contributed by atoms with Crippen molar-refractivity contribution in [1.29, 1.82) is 0 Å². The van der Waals surface area contributed by atoms with E-state index >= 15 is 0 Å². The molecule has 0 radical (unpaired) electrons. The Morgan fingerprint density at radius 2 is 2.00 bits per heavy atom. The fourth-order valence-electron chi connectivity index (χ4n) is 2.86. The van der Waals surface area contributed by atoms with Gasteiger partial charge in [-0.05, 0) is 31.3 Å². The number of carbonyl (C=O) groups is 1. The van der Waals surface area contributed by atoms with E-state index in [4.69, 9.17) is 21.5 Å². The van der Waals surface area contributed by atoms with Crippen molar-refractivity contribution in [2.24, 2.45) is 0 Å². The van der Waals surface area contributed by atoms with E-state index in [1.807, 2.05) is 41.2 Å². The lowest BCUT2D eigenvalue weighted by Gasteiger charge is -2.15. The van der Waals surface area contributed by atoms with Crippen LogP contribution in [0.2, 0.25) is 5.02 Å². The van der Waals surface area contributed by atoms with E-state index in [1.165, 1.54) is 5.69 Å². The number of nitrogens with zero attached hydrogens (tertiary/aromatic N) is 4. The number of halogens is 4. The second kappa shape index (κ2) is 8.72. The van der Waals surface area contributed by atoms with Gasteiger partial charge in [-0.1, -0.05) is 11.6 Å². The van der Waals surface area contributed by atoms with Gasteiger partial charge in [-0.3, -0.25) is 9.88 Å². The zero-order valence-corrected chi connectivity index (χ0v) is 16.4. The predicted octanol–water partition coefficient (Wildman–Crippen LogP) is 4.13. The Hall–Kier alpha value is -3.11. The van der Waals surface area contributed by atoms with Crippen LogP contribution in [0.4, 0.5) is 13.2 Å². The third-order valence-corrected chi connectivity index (χ3v) is 4.36. The topological polar surface area (TPSA) is 86.5 Å². The molecule has 0 aliphatic rings. The minimum atomic E-state index is -5.08. The number of rotatable bonds is 4. The fraction of sp³-hybridized carbons (Fsp3) is 0.211. The molecule has 11 heteroatoms. The van der Waals surface area contributed by atoms with Crippen LogP contribution in [0.5, 0.6) is 0 Å². The van der Waals surface area contributed by atoms with E-state index < -0.39 is 12.1 Å². The summed E-state index contributed by atoms with van der Waals surface area (Å²) in [7, 11) is 2.09. The number of H-pyrrole nitrogens is 1. The monoisotopic (exact) mass is 439 g/mol. The molecule has 0 bridgehead atoms. The zero-order valence-electron chi connectivity index (χ0n) is 15.7. The van der Waals surface area contributed by atoms with E-state index in [9.17, 15) is 13.2 Å². The molecule has 0 aromatic carbocycles. The molecule has 4 rings (SSSR count). The SMILES string of the molecule is CN(Cc1cc2cnccc2[nH]1)Cc1cnc2ccc(Cl)cn12.O=C(O)C(F)(F)F. The van der Waals surface area contributed by atoms with Crippen LogP contribution in [0.3, 0.4) is 0 Å². The lowest BCUT2D eigenvalue weighted by atomic mass is 10.3. The van der Waals surface area contributed by atoms with Gasteiger partial charge in [0.1, 0.15) is 5.65 Å². The fourth-order valence-corrected chi connectivity index (χ4v) is 3.02. The number of pyridine rings is 2. The van der Waals surface area contributed by atoms with Gasteiger partial charge in [-0.2, -0.15) is 13.2 Å². The molecule has 2 N–H and O–H groups in total. The van der Waals surface area contributed by atoms with Gasteiger partial charge in [-0.25, -0.2) is 9.78 Å². The van der Waals surface area contributed by atoms with Crippen LogP contribution in [-0.2, 0) is 17.9 Å². The summed E-state index contributed by atoms with van der Waals surface area (Å²) in [6, 6.07) is 7.92. The number of hydrogen-bond donors (Lipinski definition) is 2. The molecule has 4 heterocycles. The smallest absolute Gasteiger partial charge is 0.475 e. The molecular formula is C19H17ClF3N5O2. The Morgan fingerprint density at radius 3 is 2.67 bits per heavy atom. The molecule has 4 aromatic heterocycles. The first-order chi connectivity index (χ1) is 14.1. The van der Waals surface area contributed by atoms with Gasteiger partial charge in [-0.15, -0.1) is 0 Å². The summed E-state index contributed by atoms with van der Waals surface area (Å²) >= 11 is 6.09. The summed E-state index contributed by atoms with van der Waals surface area (Å²) in [6.07, 6.45) is 2.40. The summed E-state index contributed by atoms with van der Waals surface area (Å²) in [5.74, 6) is -2.76. The van der Waals surface area contributed by atoms with Crippen molar-refractivity contribution >= 4 is 34.1 Å². The number of carboxylic acids is 1. The lowest BCUT2D eigenvalue weighted by molar-refractivity contribution is -0.192. The maximum Gasteiger partial charge on any atom is 0.490 e. The lowest BCUT2D eigenvalue weighted by Crippen LogP contribution is -2.21. The molecule has 158 valence electrons. The largest absolute Gasteiger partial charge is 0.490 e. The van der Waals surface area contributed by atoms with Gasteiger partial charge in [0, 0.05) is 48.3 Å². The first-order valence-electron chi connectivity index (χ1n) is 8.65. The van der Waals surface area contributed by atoms with Crippen molar-refractivity contribution in [3.8, 4) is 0 Å². The summed E-state index contributed by atoms with van der Waals surface area (Å²) in [6.45, 7) is 1.61. The molecule has 0 aliphatic carbocycles. The summed E-state index contributed by atoms with van der Waals surface area (Å²) < 4.78 is 33.8. The second-order valence-corrected chi connectivity index (χ2v) is 6.99. The van der Waals surface area contributed by atoms with Crippen LogP contribution in [0.1, 0.15) is 11.4 Å². The molecule has 0 saturated heterocycles. The van der Waals surface area contributed by atoms with Gasteiger partial charge in [0.25, 0.3) is 0 Å². The Kier molecular flexibility index (Phi) is 6.28. The highest BCUT2D eigenvalue weighted by Crippen LogP contribution is 2.17. The van der Waals surface area contributed by atoms with Crippen LogP contribution >= 0.6 is 11.6 Å². The van der Waals surface area contributed by atoms with E-state index in [0.717, 1.165) is 35.3 Å². The number of nitrogens with one attached hydrogen (secondary N) is 1. The summed E-state index contributed by atoms with van der Waals surface area (Å²) in [5, 5.41) is 8.97. The molecule has 0 atom stereocenters. The predicted molar refractivity (Wildman–Crippen MR) is 105 cm³/mol. The van der Waals surface area contributed by atoms with Crippen molar-refractivity contribution in [3.63, 3.8) is 0 Å². The second-order valence-electron chi connectivity index (χ2n) is 6.56. The normalized spacial score (nSPS) is 11.7. The summed E-state index contributed by atoms with van der Waals surface area (Å²) in [5.41, 5.74) is 4.31. The highest BCUT2D eigenvalue weighted by molar-refractivity contribution is 6.30. The first-order valence-corrected chi connectivity index (χ1v) is 9.03. The number of aromatic nitrogens is 4. The van der Waals surface area contributed by atoms with Gasteiger partial charge in [0.15, 0.2) is 0 Å². The molecular weight excluding hydrogens is 423 g/mol. The van der Waals surface area contributed by atoms with Crippen LogP contribution in [-0.4, -0.2) is 48.6 Å². The maximum absolute atomic E-state index is 10.6. The maximum atomic E-state index is 10.6. The van der Waals surface area contributed by atoms with E-state index in [2.05, 4.69) is 33.0 Å². The Bertz CT molecular complexity index is 1140. The van der Waals surface area contributed by atoms with E-state index in [-0.39, 0.29) is 0 Å². The van der Waals surface area contributed by atoms with Crippen LogP contribution < -0.4 is 0 Å². The van der Waals surface area contributed by atoms with Crippen molar-refractivity contribution in [3.05, 3.63) is 65.5 Å². The standard InChI is InChI=1S/C17H16ClN5.C2HF3O2/c1-22(10-14-6-12-7-19-5-4-16(12)21-14)11-15-8-20-17-3-2-13(18)9-23(15)17;3-2(4,5)1(6)7/h2-9,21H,10-11H2,1H3;(H,6,7). The van der Waals surface area contributed by atoms with Crippen LogP contribution in [0, 0.1) is 0 Å². The van der Waals surface area contributed by atoms with Crippen molar-refractivity contribution in [2.45, 2.75) is 19.3 Å². The average Bonchev–Trinajstić information content (AvgIpc) is 3.24. The molecule has 0 fully saturated rings. The van der Waals surface area contributed by atoms with E-state index in [0.29, 0.717) is 5.02 Å². The Morgan fingerprint density at radius 1 is 1.27 bits per heavy atom. The molecule has 0 spiro atoms. The number of imidazole rings is 1. The number of alkyl halides is 3. The highest BCUT2D eigenvalue weighted by Gasteiger charge is 2.38. The van der Waals surface area contributed by atoms with Crippen molar-refractivity contribution in [2.75, 3.05) is 7.05 Å². The first kappa shape index (κ1) is 21.6. The molecule has 0 saturated carbocycles. The summed E-state index contributed by atoms with van der Waals surface area (Å²) in [4.78, 5) is 23.1. The number of hydrogen-bond acceptors (Lipinski definition) is 4. The molecule has 0 unspecified atom stereocenters. The van der Waals surface area contributed by atoms with Crippen LogP contribution in [0.25, 0.3) is 16.6 Å². The minimum absolute atomic E-state index is 0.711. The van der Waals surface area contributed by atoms with Gasteiger partial charge >= 0.3 is 12.1 Å². The van der Waals surface area contributed by atoms with E-state index in [1.54, 1.807) is 6.20 Å². The third-order valence-electron chi connectivity index (χ3n) is 4.14. The third kappa shape index (κ3) is 5.28. The quantitative estimate of drug-likeness (QED) is 0.499. The molecule has 4 aromatic rings.